The summed E-state index contributed by atoms with van der Waals surface area (Å²) < 4.78 is 13.2. The number of carbonyl (C=O) groups excluding carboxylic acids is 2. The van der Waals surface area contributed by atoms with Crippen LogP contribution in [0.5, 0.6) is 0 Å². The largest absolute Gasteiger partial charge is 0.325 e. The number of urea groups is 1. The third kappa shape index (κ3) is 5.02. The highest BCUT2D eigenvalue weighted by molar-refractivity contribution is 7.14. The van der Waals surface area contributed by atoms with Crippen LogP contribution in [0.1, 0.15) is 16.1 Å². The fourth-order valence-corrected chi connectivity index (χ4v) is 3.05. The number of benzene rings is 2. The predicted octanol–water partition coefficient (Wildman–Crippen LogP) is 5.14. The predicted molar refractivity (Wildman–Crippen MR) is 105 cm³/mol. The van der Waals surface area contributed by atoms with Crippen LogP contribution in [0, 0.1) is 12.7 Å². The quantitative estimate of drug-likeness (QED) is 0.563. The molecule has 1 aromatic heterocycles. The van der Waals surface area contributed by atoms with Gasteiger partial charge in [-0.15, -0.1) is 11.3 Å². The van der Waals surface area contributed by atoms with E-state index in [9.17, 15) is 14.0 Å². The molecule has 0 spiro atoms. The van der Waals surface area contributed by atoms with E-state index in [0.717, 1.165) is 23.0 Å². The molecule has 1 heterocycles. The van der Waals surface area contributed by atoms with Crippen molar-refractivity contribution in [2.24, 2.45) is 0 Å². The molecule has 138 valence electrons. The van der Waals surface area contributed by atoms with Crippen molar-refractivity contribution >= 4 is 51.4 Å². The maximum Gasteiger partial charge on any atom is 0.325 e. The van der Waals surface area contributed by atoms with Gasteiger partial charge in [-0.3, -0.25) is 10.1 Å². The van der Waals surface area contributed by atoms with Crippen LogP contribution < -0.4 is 16.0 Å². The fourth-order valence-electron chi connectivity index (χ4n) is 2.19. The van der Waals surface area contributed by atoms with E-state index in [1.165, 1.54) is 17.5 Å². The molecule has 9 heteroatoms. The van der Waals surface area contributed by atoms with Gasteiger partial charge in [0.1, 0.15) is 11.5 Å². The number of hydrogen-bond donors (Lipinski definition) is 3. The lowest BCUT2D eigenvalue weighted by Crippen LogP contribution is -2.19. The van der Waals surface area contributed by atoms with Gasteiger partial charge >= 0.3 is 6.03 Å². The number of rotatable bonds is 4. The van der Waals surface area contributed by atoms with Crippen molar-refractivity contribution in [1.29, 1.82) is 0 Å². The fraction of sp³-hybridized carbons (Fsp3) is 0.0556. The molecule has 0 unspecified atom stereocenters. The van der Waals surface area contributed by atoms with Crippen LogP contribution in [0.2, 0.25) is 5.02 Å². The second-order valence-corrected chi connectivity index (χ2v) is 6.83. The minimum atomic E-state index is -0.575. The Kier molecular flexibility index (Phi) is 5.68. The number of aromatic nitrogens is 1. The topological polar surface area (TPSA) is 83.1 Å². The van der Waals surface area contributed by atoms with Crippen molar-refractivity contribution in [2.45, 2.75) is 6.92 Å². The first-order valence-corrected chi connectivity index (χ1v) is 9.03. The zero-order valence-electron chi connectivity index (χ0n) is 14.0. The van der Waals surface area contributed by atoms with Crippen LogP contribution in [-0.4, -0.2) is 16.9 Å². The average molecular weight is 405 g/mol. The number of amides is 3. The highest BCUT2D eigenvalue weighted by atomic mass is 35.5. The summed E-state index contributed by atoms with van der Waals surface area (Å²) in [6.07, 6.45) is 0. The SMILES string of the molecule is Cc1cccc(NC(=O)Nc2nc(C(=O)Nc3ccc(F)c(Cl)c3)cs2)c1. The van der Waals surface area contributed by atoms with Gasteiger partial charge in [0.25, 0.3) is 5.91 Å². The van der Waals surface area contributed by atoms with Crippen LogP contribution >= 0.6 is 22.9 Å². The lowest BCUT2D eigenvalue weighted by Gasteiger charge is -2.06. The summed E-state index contributed by atoms with van der Waals surface area (Å²) in [5, 5.41) is 9.50. The molecule has 0 saturated heterocycles. The number of halogens is 2. The molecule has 0 saturated carbocycles. The molecule has 27 heavy (non-hydrogen) atoms. The number of aryl methyl sites for hydroxylation is 1. The summed E-state index contributed by atoms with van der Waals surface area (Å²) >= 11 is 6.79. The van der Waals surface area contributed by atoms with Crippen LogP contribution in [0.15, 0.2) is 47.8 Å². The molecule has 6 nitrogen and oxygen atoms in total. The van der Waals surface area contributed by atoms with E-state index < -0.39 is 17.8 Å². The maximum absolute atomic E-state index is 13.2. The second-order valence-electron chi connectivity index (χ2n) is 5.57. The number of anilines is 3. The van der Waals surface area contributed by atoms with E-state index in [2.05, 4.69) is 20.9 Å². The van der Waals surface area contributed by atoms with E-state index in [1.807, 2.05) is 25.1 Å². The van der Waals surface area contributed by atoms with Crippen LogP contribution in [0.25, 0.3) is 0 Å². The third-order valence-corrected chi connectivity index (χ3v) is 4.46. The molecule has 0 aliphatic heterocycles. The summed E-state index contributed by atoms with van der Waals surface area (Å²) in [5.74, 6) is -1.07. The first kappa shape index (κ1) is 18.8. The van der Waals surface area contributed by atoms with Gasteiger partial charge in [-0.25, -0.2) is 14.2 Å². The summed E-state index contributed by atoms with van der Waals surface area (Å²) in [5.41, 5.74) is 2.12. The zero-order chi connectivity index (χ0) is 19.4. The summed E-state index contributed by atoms with van der Waals surface area (Å²) in [6, 6.07) is 10.7. The monoisotopic (exact) mass is 404 g/mol. The van der Waals surface area contributed by atoms with Crippen molar-refractivity contribution in [3.8, 4) is 0 Å². The number of nitrogens with one attached hydrogen (secondary N) is 3. The molecule has 3 aromatic rings. The normalized spacial score (nSPS) is 10.3. The van der Waals surface area contributed by atoms with Crippen molar-refractivity contribution < 1.29 is 14.0 Å². The van der Waals surface area contributed by atoms with Gasteiger partial charge in [0.05, 0.1) is 5.02 Å². The minimum Gasteiger partial charge on any atom is -0.321 e. The molecule has 0 fully saturated rings. The molecule has 3 amide bonds. The Hall–Kier alpha value is -2.97. The smallest absolute Gasteiger partial charge is 0.321 e. The van der Waals surface area contributed by atoms with Gasteiger partial charge in [0.15, 0.2) is 5.13 Å². The van der Waals surface area contributed by atoms with Crippen LogP contribution in [0.4, 0.5) is 25.7 Å². The summed E-state index contributed by atoms with van der Waals surface area (Å²) in [6.45, 7) is 1.92. The number of thiazole rings is 1. The van der Waals surface area contributed by atoms with Gasteiger partial charge < -0.3 is 10.6 Å². The number of carbonyl (C=O) groups is 2. The van der Waals surface area contributed by atoms with Gasteiger partial charge in [-0.1, -0.05) is 23.7 Å². The lowest BCUT2D eigenvalue weighted by molar-refractivity contribution is 0.102. The first-order valence-electron chi connectivity index (χ1n) is 7.77. The molecule has 0 aliphatic carbocycles. The molecule has 0 bridgehead atoms. The Morgan fingerprint density at radius 1 is 1.07 bits per heavy atom. The van der Waals surface area contributed by atoms with Crippen molar-refractivity contribution in [3.05, 3.63) is 69.9 Å². The van der Waals surface area contributed by atoms with E-state index in [1.54, 1.807) is 6.07 Å². The Morgan fingerprint density at radius 3 is 2.59 bits per heavy atom. The highest BCUT2D eigenvalue weighted by Crippen LogP contribution is 2.21. The second kappa shape index (κ2) is 8.15. The summed E-state index contributed by atoms with van der Waals surface area (Å²) in [4.78, 5) is 28.3. The molecule has 3 N–H and O–H groups in total. The van der Waals surface area contributed by atoms with E-state index in [-0.39, 0.29) is 15.8 Å². The van der Waals surface area contributed by atoms with E-state index in [4.69, 9.17) is 11.6 Å². The summed E-state index contributed by atoms with van der Waals surface area (Å²) in [7, 11) is 0. The molecule has 0 radical (unpaired) electrons. The van der Waals surface area contributed by atoms with E-state index >= 15 is 0 Å². The Labute approximate surface area is 163 Å². The zero-order valence-corrected chi connectivity index (χ0v) is 15.6. The molecule has 2 aromatic carbocycles. The standard InChI is InChI=1S/C18H14ClFN4O2S/c1-10-3-2-4-11(7-10)22-17(26)24-18-23-15(9-27-18)16(25)21-12-5-6-14(20)13(19)8-12/h2-9H,1H3,(H,21,25)(H2,22,23,24,26). The van der Waals surface area contributed by atoms with Gasteiger partial charge in [0, 0.05) is 16.8 Å². The lowest BCUT2D eigenvalue weighted by atomic mass is 10.2. The maximum atomic E-state index is 13.2. The minimum absolute atomic E-state index is 0.0961. The molecular weight excluding hydrogens is 391 g/mol. The number of nitrogens with zero attached hydrogens (tertiary/aromatic N) is 1. The Bertz CT molecular complexity index is 1010. The number of hydrogen-bond acceptors (Lipinski definition) is 4. The van der Waals surface area contributed by atoms with Crippen molar-refractivity contribution in [1.82, 2.24) is 4.98 Å². The van der Waals surface area contributed by atoms with Gasteiger partial charge in [0.2, 0.25) is 0 Å². The Balaban J connectivity index is 1.61. The average Bonchev–Trinajstić information content (AvgIpc) is 3.06. The van der Waals surface area contributed by atoms with E-state index in [0.29, 0.717) is 11.4 Å². The highest BCUT2D eigenvalue weighted by Gasteiger charge is 2.13. The third-order valence-electron chi connectivity index (χ3n) is 3.41. The van der Waals surface area contributed by atoms with Gasteiger partial charge in [-0.2, -0.15) is 0 Å². The van der Waals surface area contributed by atoms with Crippen molar-refractivity contribution in [3.63, 3.8) is 0 Å². The van der Waals surface area contributed by atoms with Gasteiger partial charge in [-0.05, 0) is 42.8 Å². The van der Waals surface area contributed by atoms with Crippen LogP contribution in [-0.2, 0) is 0 Å². The van der Waals surface area contributed by atoms with Crippen LogP contribution in [0.3, 0.4) is 0 Å². The van der Waals surface area contributed by atoms with Crippen molar-refractivity contribution in [2.75, 3.05) is 16.0 Å². The molecule has 0 aliphatic rings. The first-order chi connectivity index (χ1) is 12.9. The Morgan fingerprint density at radius 2 is 1.85 bits per heavy atom. The molecule has 0 atom stereocenters. The molecule has 3 rings (SSSR count). The molecular formula is C18H14ClFN4O2S.